The third kappa shape index (κ3) is 2.12. The first-order valence-corrected chi connectivity index (χ1v) is 8.07. The van der Waals surface area contributed by atoms with Gasteiger partial charge in [0, 0.05) is 36.3 Å². The minimum atomic E-state index is 0.418. The highest BCUT2D eigenvalue weighted by molar-refractivity contribution is 6.07. The van der Waals surface area contributed by atoms with E-state index in [0.29, 0.717) is 5.41 Å². The van der Waals surface area contributed by atoms with Gasteiger partial charge in [0.15, 0.2) is 0 Å². The van der Waals surface area contributed by atoms with Gasteiger partial charge >= 0.3 is 0 Å². The molecule has 4 rings (SSSR count). The molecule has 0 amide bonds. The summed E-state index contributed by atoms with van der Waals surface area (Å²) in [6, 6.07) is 10.8. The summed E-state index contributed by atoms with van der Waals surface area (Å²) in [5.41, 5.74) is 3.02. The molecule has 3 nitrogen and oxygen atoms in total. The van der Waals surface area contributed by atoms with E-state index in [4.69, 9.17) is 0 Å². The van der Waals surface area contributed by atoms with E-state index >= 15 is 0 Å². The first-order chi connectivity index (χ1) is 10.5. The van der Waals surface area contributed by atoms with Crippen LogP contribution in [0.2, 0.25) is 0 Å². The van der Waals surface area contributed by atoms with Gasteiger partial charge < -0.3 is 4.57 Å². The molecule has 1 saturated heterocycles. The van der Waals surface area contributed by atoms with Gasteiger partial charge in [-0.3, -0.25) is 9.88 Å². The van der Waals surface area contributed by atoms with E-state index in [0.717, 1.165) is 12.6 Å². The lowest BCUT2D eigenvalue weighted by Crippen LogP contribution is -2.52. The number of para-hydroxylation sites is 1. The van der Waals surface area contributed by atoms with Crippen LogP contribution >= 0.6 is 0 Å². The molecule has 0 bridgehead atoms. The Balaban J connectivity index is 1.69. The van der Waals surface area contributed by atoms with Crippen LogP contribution in [0.15, 0.2) is 42.7 Å². The summed E-state index contributed by atoms with van der Waals surface area (Å²) in [7, 11) is 0. The van der Waals surface area contributed by atoms with Crippen LogP contribution in [0.5, 0.6) is 0 Å². The van der Waals surface area contributed by atoms with E-state index < -0.39 is 0 Å². The van der Waals surface area contributed by atoms with Gasteiger partial charge in [-0.15, -0.1) is 0 Å². The summed E-state index contributed by atoms with van der Waals surface area (Å²) < 4.78 is 2.44. The van der Waals surface area contributed by atoms with Gasteiger partial charge in [0.05, 0.1) is 17.7 Å². The Kier molecular flexibility index (Phi) is 3.01. The zero-order chi connectivity index (χ0) is 15.3. The summed E-state index contributed by atoms with van der Waals surface area (Å²) >= 11 is 0. The first-order valence-electron chi connectivity index (χ1n) is 8.07. The number of benzene rings is 1. The fourth-order valence-corrected chi connectivity index (χ4v) is 3.48. The molecule has 22 heavy (non-hydrogen) atoms. The smallest absolute Gasteiger partial charge is 0.0757 e. The number of pyridine rings is 1. The van der Waals surface area contributed by atoms with Crippen molar-refractivity contribution in [3.05, 3.63) is 42.7 Å². The third-order valence-corrected chi connectivity index (χ3v) is 5.10. The van der Waals surface area contributed by atoms with Crippen LogP contribution in [-0.4, -0.2) is 27.5 Å². The Hall–Kier alpha value is -1.87. The summed E-state index contributed by atoms with van der Waals surface area (Å²) in [4.78, 5) is 6.85. The molecule has 0 saturated carbocycles. The molecular formula is C19H23N3. The molecule has 3 heteroatoms. The molecule has 0 unspecified atom stereocenters. The minimum Gasteiger partial charge on any atom is -0.327 e. The molecule has 0 radical (unpaired) electrons. The lowest BCUT2D eigenvalue weighted by molar-refractivity contribution is 0.00469. The number of nitrogens with zero attached hydrogens (tertiary/aromatic N) is 3. The lowest BCUT2D eigenvalue weighted by Gasteiger charge is -2.46. The lowest BCUT2D eigenvalue weighted by atomic mass is 9.76. The van der Waals surface area contributed by atoms with Crippen molar-refractivity contribution in [3.8, 4) is 0 Å². The Morgan fingerprint density at radius 1 is 1.05 bits per heavy atom. The highest BCUT2D eigenvalue weighted by Crippen LogP contribution is 2.35. The maximum atomic E-state index is 4.31. The molecule has 2 aromatic heterocycles. The Morgan fingerprint density at radius 3 is 2.55 bits per heavy atom. The number of fused-ring (bicyclic) bond motifs is 3. The predicted molar refractivity (Wildman–Crippen MR) is 91.8 cm³/mol. The maximum Gasteiger partial charge on any atom is 0.0757 e. The van der Waals surface area contributed by atoms with Crippen molar-refractivity contribution in [1.29, 1.82) is 0 Å². The Bertz CT molecular complexity index is 766. The van der Waals surface area contributed by atoms with E-state index in [1.54, 1.807) is 0 Å². The highest BCUT2D eigenvalue weighted by Gasteiger charge is 2.35. The number of hydrogen-bond donors (Lipinski definition) is 0. The quantitative estimate of drug-likeness (QED) is 0.708. The average molecular weight is 293 g/mol. The molecule has 3 aromatic rings. The third-order valence-electron chi connectivity index (χ3n) is 5.10. The number of hydrogen-bond acceptors (Lipinski definition) is 2. The van der Waals surface area contributed by atoms with Crippen molar-refractivity contribution in [2.24, 2.45) is 11.3 Å². The average Bonchev–Trinajstić information content (AvgIpc) is 2.75. The van der Waals surface area contributed by atoms with Crippen molar-refractivity contribution in [3.63, 3.8) is 0 Å². The Morgan fingerprint density at radius 2 is 1.77 bits per heavy atom. The van der Waals surface area contributed by atoms with Gasteiger partial charge in [0.2, 0.25) is 0 Å². The zero-order valence-corrected chi connectivity index (χ0v) is 13.6. The van der Waals surface area contributed by atoms with Gasteiger partial charge in [-0.25, -0.2) is 0 Å². The summed E-state index contributed by atoms with van der Waals surface area (Å²) in [6.45, 7) is 10.4. The van der Waals surface area contributed by atoms with Gasteiger partial charge in [-0.1, -0.05) is 39.0 Å². The second-order valence-corrected chi connectivity index (χ2v) is 7.58. The van der Waals surface area contributed by atoms with Crippen molar-refractivity contribution >= 4 is 21.8 Å². The first kappa shape index (κ1) is 13.8. The molecule has 3 heterocycles. The SMILES string of the molecule is CC(C)(C)C1CN(Cn2c3ccccc3c3cnccc32)C1. The molecule has 1 aromatic carbocycles. The molecule has 1 fully saturated rings. The predicted octanol–water partition coefficient (Wildman–Crippen LogP) is 4.12. The maximum absolute atomic E-state index is 4.31. The minimum absolute atomic E-state index is 0.418. The van der Waals surface area contributed by atoms with Crippen LogP contribution in [0.3, 0.4) is 0 Å². The highest BCUT2D eigenvalue weighted by atomic mass is 15.3. The van der Waals surface area contributed by atoms with Crippen molar-refractivity contribution in [2.45, 2.75) is 27.4 Å². The standard InChI is InChI=1S/C19H23N3/c1-19(2,3)14-11-21(12-14)13-22-17-7-5-4-6-15(17)16-10-20-9-8-18(16)22/h4-10,14H,11-13H2,1-3H3. The van der Waals surface area contributed by atoms with E-state index in [9.17, 15) is 0 Å². The van der Waals surface area contributed by atoms with Crippen LogP contribution < -0.4 is 0 Å². The van der Waals surface area contributed by atoms with E-state index in [-0.39, 0.29) is 0 Å². The van der Waals surface area contributed by atoms with E-state index in [1.165, 1.54) is 34.9 Å². The van der Waals surface area contributed by atoms with E-state index in [2.05, 4.69) is 65.6 Å². The number of likely N-dealkylation sites (tertiary alicyclic amines) is 1. The van der Waals surface area contributed by atoms with Gasteiger partial charge in [-0.05, 0) is 23.5 Å². The van der Waals surface area contributed by atoms with Crippen LogP contribution in [-0.2, 0) is 6.67 Å². The molecule has 1 aliphatic rings. The second-order valence-electron chi connectivity index (χ2n) is 7.58. The van der Waals surface area contributed by atoms with Crippen molar-refractivity contribution in [2.75, 3.05) is 13.1 Å². The molecule has 0 atom stereocenters. The van der Waals surface area contributed by atoms with Crippen LogP contribution in [0.1, 0.15) is 20.8 Å². The molecule has 1 aliphatic heterocycles. The molecular weight excluding hydrogens is 270 g/mol. The summed E-state index contributed by atoms with van der Waals surface area (Å²) in [6.07, 6.45) is 3.88. The van der Waals surface area contributed by atoms with Gasteiger partial charge in [0.25, 0.3) is 0 Å². The van der Waals surface area contributed by atoms with Crippen LogP contribution in [0, 0.1) is 11.3 Å². The van der Waals surface area contributed by atoms with E-state index in [1.807, 2.05) is 12.4 Å². The molecule has 114 valence electrons. The second kappa shape index (κ2) is 4.82. The summed E-state index contributed by atoms with van der Waals surface area (Å²) in [5, 5.41) is 2.56. The number of rotatable bonds is 2. The normalized spacial score (nSPS) is 17.2. The molecule has 0 N–H and O–H groups in total. The van der Waals surface area contributed by atoms with Crippen LogP contribution in [0.25, 0.3) is 21.8 Å². The molecule has 0 aliphatic carbocycles. The molecule has 0 spiro atoms. The van der Waals surface area contributed by atoms with Gasteiger partial charge in [0.1, 0.15) is 0 Å². The van der Waals surface area contributed by atoms with Crippen molar-refractivity contribution < 1.29 is 0 Å². The monoisotopic (exact) mass is 293 g/mol. The Labute approximate surface area is 131 Å². The largest absolute Gasteiger partial charge is 0.327 e. The van der Waals surface area contributed by atoms with Gasteiger partial charge in [-0.2, -0.15) is 0 Å². The topological polar surface area (TPSA) is 21.1 Å². The number of aromatic nitrogens is 2. The fourth-order valence-electron chi connectivity index (χ4n) is 3.48. The zero-order valence-electron chi connectivity index (χ0n) is 13.6. The summed E-state index contributed by atoms with van der Waals surface area (Å²) in [5.74, 6) is 0.808. The fraction of sp³-hybridized carbons (Fsp3) is 0.421. The van der Waals surface area contributed by atoms with Crippen molar-refractivity contribution in [1.82, 2.24) is 14.5 Å². The van der Waals surface area contributed by atoms with Crippen LogP contribution in [0.4, 0.5) is 0 Å².